The van der Waals surface area contributed by atoms with Crippen LogP contribution in [0.2, 0.25) is 0 Å². The van der Waals surface area contributed by atoms with Gasteiger partial charge in [0.15, 0.2) is 0 Å². The molecule has 0 atom stereocenters. The highest BCUT2D eigenvalue weighted by Gasteiger charge is 2.21. The maximum absolute atomic E-state index is 12.8. The number of rotatable bonds is 4. The summed E-state index contributed by atoms with van der Waals surface area (Å²) in [6.45, 7) is 3.21. The summed E-state index contributed by atoms with van der Waals surface area (Å²) in [6, 6.07) is 7.71. The molecule has 1 aromatic heterocycles. The SMILES string of the molecule is Cc1c(NC(=O)c2cc(C(=O)O)ccn2)cccc1C(=O)N1CCSCC1. The fraction of sp³-hybridized carbons (Fsp3) is 0.263. The number of carbonyl (C=O) groups excluding carboxylic acids is 2. The Labute approximate surface area is 160 Å². The molecular formula is C19H19N3O4S. The van der Waals surface area contributed by atoms with Crippen LogP contribution in [0.5, 0.6) is 0 Å². The van der Waals surface area contributed by atoms with Gasteiger partial charge in [0.2, 0.25) is 0 Å². The van der Waals surface area contributed by atoms with E-state index in [0.29, 0.717) is 29.9 Å². The van der Waals surface area contributed by atoms with Crippen LogP contribution in [0.15, 0.2) is 36.5 Å². The molecule has 1 saturated heterocycles. The van der Waals surface area contributed by atoms with Gasteiger partial charge in [-0.1, -0.05) is 6.07 Å². The summed E-state index contributed by atoms with van der Waals surface area (Å²) in [4.78, 5) is 42.0. The lowest BCUT2D eigenvalue weighted by Gasteiger charge is -2.27. The molecule has 2 heterocycles. The number of anilines is 1. The molecule has 1 aliphatic rings. The molecule has 7 nitrogen and oxygen atoms in total. The first kappa shape index (κ1) is 18.9. The zero-order valence-electron chi connectivity index (χ0n) is 14.8. The highest BCUT2D eigenvalue weighted by Crippen LogP contribution is 2.22. The van der Waals surface area contributed by atoms with Gasteiger partial charge in [-0.2, -0.15) is 11.8 Å². The number of aromatic carboxylic acids is 1. The molecule has 2 N–H and O–H groups in total. The number of pyridine rings is 1. The van der Waals surface area contributed by atoms with Crippen LogP contribution in [0.25, 0.3) is 0 Å². The Morgan fingerprint density at radius 2 is 1.93 bits per heavy atom. The van der Waals surface area contributed by atoms with Crippen LogP contribution in [0, 0.1) is 6.92 Å². The van der Waals surface area contributed by atoms with Crippen LogP contribution in [0.4, 0.5) is 5.69 Å². The smallest absolute Gasteiger partial charge is 0.335 e. The van der Waals surface area contributed by atoms with Crippen LogP contribution in [0.1, 0.15) is 36.8 Å². The topological polar surface area (TPSA) is 99.6 Å². The first-order valence-corrected chi connectivity index (χ1v) is 9.60. The van der Waals surface area contributed by atoms with Crippen LogP contribution in [0.3, 0.4) is 0 Å². The normalized spacial score (nSPS) is 13.9. The van der Waals surface area contributed by atoms with Crippen molar-refractivity contribution < 1.29 is 19.5 Å². The van der Waals surface area contributed by atoms with Crippen molar-refractivity contribution in [2.75, 3.05) is 29.9 Å². The van der Waals surface area contributed by atoms with Crippen molar-refractivity contribution >= 4 is 35.2 Å². The molecule has 8 heteroatoms. The highest BCUT2D eigenvalue weighted by molar-refractivity contribution is 7.99. The number of nitrogens with one attached hydrogen (secondary N) is 1. The molecule has 0 saturated carbocycles. The molecule has 27 heavy (non-hydrogen) atoms. The van der Waals surface area contributed by atoms with Crippen molar-refractivity contribution in [3.63, 3.8) is 0 Å². The molecular weight excluding hydrogens is 366 g/mol. The van der Waals surface area contributed by atoms with Crippen molar-refractivity contribution in [3.8, 4) is 0 Å². The van der Waals surface area contributed by atoms with Crippen molar-refractivity contribution in [1.82, 2.24) is 9.88 Å². The monoisotopic (exact) mass is 385 g/mol. The van der Waals surface area contributed by atoms with Gasteiger partial charge in [-0.05, 0) is 36.8 Å². The minimum Gasteiger partial charge on any atom is -0.478 e. The third-order valence-electron chi connectivity index (χ3n) is 4.35. The van der Waals surface area contributed by atoms with Crippen LogP contribution < -0.4 is 5.32 Å². The van der Waals surface area contributed by atoms with Gasteiger partial charge in [0.05, 0.1) is 5.56 Å². The Bertz CT molecular complexity index is 894. The Morgan fingerprint density at radius 3 is 2.63 bits per heavy atom. The number of aromatic nitrogens is 1. The average molecular weight is 385 g/mol. The van der Waals surface area contributed by atoms with Crippen LogP contribution in [-0.2, 0) is 0 Å². The van der Waals surface area contributed by atoms with E-state index in [1.807, 2.05) is 16.7 Å². The predicted octanol–water partition coefficient (Wildman–Crippen LogP) is 2.53. The third-order valence-corrected chi connectivity index (χ3v) is 5.29. The lowest BCUT2D eigenvalue weighted by atomic mass is 10.0. The van der Waals surface area contributed by atoms with Crippen LogP contribution in [-0.4, -0.2) is 57.4 Å². The maximum Gasteiger partial charge on any atom is 0.335 e. The molecule has 1 aromatic carbocycles. The lowest BCUT2D eigenvalue weighted by molar-refractivity contribution is 0.0695. The number of carbonyl (C=O) groups is 3. The molecule has 0 spiro atoms. The van der Waals surface area contributed by atoms with Gasteiger partial charge < -0.3 is 15.3 Å². The fourth-order valence-electron chi connectivity index (χ4n) is 2.81. The first-order valence-electron chi connectivity index (χ1n) is 8.44. The molecule has 0 unspecified atom stereocenters. The number of carboxylic acids is 1. The molecule has 1 fully saturated rings. The van der Waals surface area contributed by atoms with Gasteiger partial charge in [0, 0.05) is 42.0 Å². The number of nitrogens with zero attached hydrogens (tertiary/aromatic N) is 2. The second kappa shape index (κ2) is 8.22. The number of carboxylic acid groups (broad SMARTS) is 1. The second-order valence-corrected chi connectivity index (χ2v) is 7.30. The zero-order valence-corrected chi connectivity index (χ0v) is 15.6. The second-order valence-electron chi connectivity index (χ2n) is 6.07. The average Bonchev–Trinajstić information content (AvgIpc) is 2.69. The van der Waals surface area contributed by atoms with Crippen molar-refractivity contribution in [1.29, 1.82) is 0 Å². The van der Waals surface area contributed by atoms with Gasteiger partial charge in [0.1, 0.15) is 5.69 Å². The minimum atomic E-state index is -1.13. The maximum atomic E-state index is 12.8. The van der Waals surface area contributed by atoms with Crippen LogP contribution >= 0.6 is 11.8 Å². The lowest BCUT2D eigenvalue weighted by Crippen LogP contribution is -2.38. The minimum absolute atomic E-state index is 0.000847. The molecule has 2 amide bonds. The molecule has 1 aliphatic heterocycles. The van der Waals surface area contributed by atoms with E-state index >= 15 is 0 Å². The zero-order chi connectivity index (χ0) is 19.4. The van der Waals surface area contributed by atoms with E-state index in [2.05, 4.69) is 10.3 Å². The standard InChI is InChI=1S/C19H19N3O4S/c1-12-14(18(24)22-7-9-27-10-8-22)3-2-4-15(12)21-17(23)16-11-13(19(25)26)5-6-20-16/h2-6,11H,7-10H2,1H3,(H,21,23)(H,25,26). The number of amides is 2. The molecule has 140 valence electrons. The quantitative estimate of drug-likeness (QED) is 0.839. The summed E-state index contributed by atoms with van der Waals surface area (Å²) in [5, 5.41) is 11.8. The summed E-state index contributed by atoms with van der Waals surface area (Å²) in [6.07, 6.45) is 1.28. The van der Waals surface area contributed by atoms with Crippen molar-refractivity contribution in [2.24, 2.45) is 0 Å². The summed E-state index contributed by atoms with van der Waals surface area (Å²) >= 11 is 1.83. The first-order chi connectivity index (χ1) is 13.0. The van der Waals surface area contributed by atoms with E-state index in [1.165, 1.54) is 18.3 Å². The van der Waals surface area contributed by atoms with Gasteiger partial charge >= 0.3 is 5.97 Å². The molecule has 0 aliphatic carbocycles. The van der Waals surface area contributed by atoms with E-state index in [0.717, 1.165) is 11.5 Å². The fourth-order valence-corrected chi connectivity index (χ4v) is 3.72. The van der Waals surface area contributed by atoms with E-state index in [-0.39, 0.29) is 17.2 Å². The summed E-state index contributed by atoms with van der Waals surface area (Å²) < 4.78 is 0. The van der Waals surface area contributed by atoms with E-state index in [1.54, 1.807) is 25.1 Å². The number of hydrogen-bond acceptors (Lipinski definition) is 5. The van der Waals surface area contributed by atoms with E-state index in [9.17, 15) is 14.4 Å². The van der Waals surface area contributed by atoms with Gasteiger partial charge in [-0.3, -0.25) is 14.6 Å². The predicted molar refractivity (Wildman–Crippen MR) is 104 cm³/mol. The highest BCUT2D eigenvalue weighted by atomic mass is 32.2. The van der Waals surface area contributed by atoms with E-state index in [4.69, 9.17) is 5.11 Å². The number of thioether (sulfide) groups is 1. The Kier molecular flexibility index (Phi) is 5.75. The molecule has 3 rings (SSSR count). The number of hydrogen-bond donors (Lipinski definition) is 2. The summed E-state index contributed by atoms with van der Waals surface area (Å²) in [5.74, 6) is 0.143. The van der Waals surface area contributed by atoms with Gasteiger partial charge in [0.25, 0.3) is 11.8 Å². The molecule has 0 radical (unpaired) electrons. The van der Waals surface area contributed by atoms with Gasteiger partial charge in [-0.25, -0.2) is 4.79 Å². The summed E-state index contributed by atoms with van der Waals surface area (Å²) in [5.41, 5.74) is 1.70. The van der Waals surface area contributed by atoms with E-state index < -0.39 is 11.9 Å². The molecule has 0 bridgehead atoms. The Balaban J connectivity index is 1.81. The Morgan fingerprint density at radius 1 is 1.19 bits per heavy atom. The molecule has 2 aromatic rings. The van der Waals surface area contributed by atoms with Crippen molar-refractivity contribution in [2.45, 2.75) is 6.92 Å². The summed E-state index contributed by atoms with van der Waals surface area (Å²) in [7, 11) is 0. The number of benzene rings is 1. The third kappa shape index (κ3) is 4.28. The van der Waals surface area contributed by atoms with Gasteiger partial charge in [-0.15, -0.1) is 0 Å². The van der Waals surface area contributed by atoms with Crippen molar-refractivity contribution in [3.05, 3.63) is 58.9 Å². The largest absolute Gasteiger partial charge is 0.478 e. The Hall–Kier alpha value is -2.87.